The van der Waals surface area contributed by atoms with Gasteiger partial charge < -0.3 is 10.6 Å². The van der Waals surface area contributed by atoms with E-state index in [1.165, 1.54) is 62.4 Å². The Bertz CT molecular complexity index is 1130. The first-order chi connectivity index (χ1) is 13.2. The smallest absolute Gasteiger partial charge is 0.326 e. The molecular formula is C18H25N2O6PS2. The first kappa shape index (κ1) is 23.7. The molecule has 0 aliphatic rings. The average Bonchev–Trinajstić information content (AvgIpc) is 2.61. The highest BCUT2D eigenvalue weighted by Crippen LogP contribution is 2.58. The SMILES string of the molecule is Cc1ccc(S(=O)(=O)N(C(C)C(C)N)P(=O)(O)S(=O)(=O)c2ccc(C)cc2)cc1. The van der Waals surface area contributed by atoms with Crippen LogP contribution in [0.4, 0.5) is 0 Å². The van der Waals surface area contributed by atoms with E-state index in [-0.39, 0.29) is 8.97 Å². The maximum atomic E-state index is 13.3. The molecule has 0 fully saturated rings. The van der Waals surface area contributed by atoms with E-state index < -0.39 is 43.2 Å². The normalized spacial score (nSPS) is 16.9. The molecule has 0 saturated carbocycles. The average molecular weight is 461 g/mol. The minimum atomic E-state index is -5.51. The molecule has 0 radical (unpaired) electrons. The van der Waals surface area contributed by atoms with Crippen molar-refractivity contribution in [1.82, 2.24) is 4.08 Å². The van der Waals surface area contributed by atoms with Crippen LogP contribution in [-0.2, 0) is 24.0 Å². The van der Waals surface area contributed by atoms with Gasteiger partial charge in [0.1, 0.15) is 0 Å². The number of benzene rings is 2. The van der Waals surface area contributed by atoms with Crippen molar-refractivity contribution < 1.29 is 26.3 Å². The van der Waals surface area contributed by atoms with Gasteiger partial charge in [0.2, 0.25) is 0 Å². The minimum absolute atomic E-state index is 0.143. The van der Waals surface area contributed by atoms with Crippen LogP contribution in [-0.4, -0.2) is 37.9 Å². The van der Waals surface area contributed by atoms with Crippen LogP contribution in [0.1, 0.15) is 25.0 Å². The van der Waals surface area contributed by atoms with Crippen LogP contribution in [0.5, 0.6) is 0 Å². The molecule has 0 aliphatic heterocycles. The molecule has 0 spiro atoms. The van der Waals surface area contributed by atoms with E-state index in [1.54, 1.807) is 13.8 Å². The summed E-state index contributed by atoms with van der Waals surface area (Å²) in [6.07, 6.45) is 0. The first-order valence-electron chi connectivity index (χ1n) is 8.74. The van der Waals surface area contributed by atoms with E-state index in [4.69, 9.17) is 5.73 Å². The number of aryl methyl sites for hydroxylation is 2. The molecule has 2 aromatic carbocycles. The largest absolute Gasteiger partial charge is 0.400 e. The van der Waals surface area contributed by atoms with Gasteiger partial charge in [-0.2, -0.15) is 0 Å². The van der Waals surface area contributed by atoms with Crippen LogP contribution in [0.25, 0.3) is 0 Å². The van der Waals surface area contributed by atoms with Crippen molar-refractivity contribution in [1.29, 1.82) is 0 Å². The Morgan fingerprint density at radius 2 is 1.24 bits per heavy atom. The lowest BCUT2D eigenvalue weighted by atomic mass is 10.2. The highest BCUT2D eigenvalue weighted by molar-refractivity contribution is 8.51. The monoisotopic (exact) mass is 460 g/mol. The molecule has 0 aliphatic carbocycles. The summed E-state index contributed by atoms with van der Waals surface area (Å²) in [7, 11) is -9.59. The Labute approximate surface area is 171 Å². The molecule has 160 valence electrons. The number of hydrogen-bond donors (Lipinski definition) is 2. The minimum Gasteiger partial charge on any atom is -0.326 e. The summed E-state index contributed by atoms with van der Waals surface area (Å²) in [4.78, 5) is 10.0. The van der Waals surface area contributed by atoms with Crippen LogP contribution < -0.4 is 5.73 Å². The second-order valence-corrected chi connectivity index (χ2v) is 14.8. The second kappa shape index (κ2) is 8.29. The fourth-order valence-electron chi connectivity index (χ4n) is 2.56. The molecule has 0 amide bonds. The predicted octanol–water partition coefficient (Wildman–Crippen LogP) is 2.60. The molecule has 3 N–H and O–H groups in total. The molecule has 11 heteroatoms. The molecule has 3 atom stereocenters. The van der Waals surface area contributed by atoms with E-state index in [2.05, 4.69) is 0 Å². The predicted molar refractivity (Wildman–Crippen MR) is 112 cm³/mol. The summed E-state index contributed by atoms with van der Waals surface area (Å²) in [5, 5.41) is 0. The summed E-state index contributed by atoms with van der Waals surface area (Å²) < 4.78 is 66.0. The topological polar surface area (TPSA) is 135 Å². The fraction of sp³-hybridized carbons (Fsp3) is 0.333. The van der Waals surface area contributed by atoms with Crippen LogP contribution >= 0.6 is 6.72 Å². The maximum absolute atomic E-state index is 13.3. The molecule has 3 unspecified atom stereocenters. The maximum Gasteiger partial charge on any atom is 0.400 e. The number of nitrogens with zero attached hydrogens (tertiary/aromatic N) is 1. The Hall–Kier alpha value is -1.55. The fourth-order valence-corrected chi connectivity index (χ4v) is 10.7. The number of hydrogen-bond acceptors (Lipinski definition) is 6. The van der Waals surface area contributed by atoms with Gasteiger partial charge in [-0.1, -0.05) is 35.4 Å². The Morgan fingerprint density at radius 3 is 1.62 bits per heavy atom. The van der Waals surface area contributed by atoms with Gasteiger partial charge in [0.25, 0.3) is 19.5 Å². The number of nitrogens with two attached hydrogens (primary N) is 1. The van der Waals surface area contributed by atoms with E-state index in [1.807, 2.05) is 0 Å². The highest BCUT2D eigenvalue weighted by Gasteiger charge is 2.52. The molecule has 8 nitrogen and oxygen atoms in total. The number of sulfonamides is 1. The van der Waals surface area contributed by atoms with Crippen LogP contribution in [0.15, 0.2) is 58.3 Å². The third-order valence-corrected chi connectivity index (χ3v) is 13.3. The van der Waals surface area contributed by atoms with Gasteiger partial charge >= 0.3 is 6.72 Å². The third-order valence-electron chi connectivity index (χ3n) is 4.56. The van der Waals surface area contributed by atoms with Gasteiger partial charge in [0.05, 0.1) is 9.79 Å². The second-order valence-electron chi connectivity index (χ2n) is 6.97. The summed E-state index contributed by atoms with van der Waals surface area (Å²) in [5.41, 5.74) is 7.31. The summed E-state index contributed by atoms with van der Waals surface area (Å²) in [6, 6.07) is 8.61. The van der Waals surface area contributed by atoms with Crippen molar-refractivity contribution in [2.45, 2.75) is 49.6 Å². The molecule has 0 saturated heterocycles. The Balaban J connectivity index is 2.73. The zero-order valence-corrected chi connectivity index (χ0v) is 19.1. The summed E-state index contributed by atoms with van der Waals surface area (Å²) >= 11 is 0. The summed E-state index contributed by atoms with van der Waals surface area (Å²) in [5.74, 6) is 0. The van der Waals surface area contributed by atoms with Crippen LogP contribution in [0.3, 0.4) is 0 Å². The van der Waals surface area contributed by atoms with Gasteiger partial charge in [-0.25, -0.2) is 16.8 Å². The molecular weight excluding hydrogens is 435 g/mol. The lowest BCUT2D eigenvalue weighted by Gasteiger charge is -2.33. The quantitative estimate of drug-likeness (QED) is 0.606. The molecule has 2 aromatic rings. The van der Waals surface area contributed by atoms with E-state index in [0.717, 1.165) is 11.1 Å². The molecule has 0 aromatic heterocycles. The van der Waals surface area contributed by atoms with Gasteiger partial charge in [-0.3, -0.25) is 4.57 Å². The standard InChI is InChI=1S/C18H25N2O6PS2/c1-13-5-9-17(10-6-13)28(23,24)20(16(4)15(3)19)27(21,22)29(25,26)18-11-7-14(2)8-12-18/h5-12,15-16H,19H2,1-4H3,(H,21,22). The van der Waals surface area contributed by atoms with Gasteiger partial charge in [0, 0.05) is 12.1 Å². The van der Waals surface area contributed by atoms with Gasteiger partial charge in [-0.05, 0) is 52.0 Å². The lowest BCUT2D eigenvalue weighted by molar-refractivity contribution is 0.363. The van der Waals surface area contributed by atoms with Crippen molar-refractivity contribution in [3.63, 3.8) is 0 Å². The molecule has 2 rings (SSSR count). The molecule has 0 bridgehead atoms. The van der Waals surface area contributed by atoms with E-state index in [0.29, 0.717) is 0 Å². The molecule has 0 heterocycles. The third kappa shape index (κ3) is 4.47. The first-order valence-corrected chi connectivity index (χ1v) is 13.9. The van der Waals surface area contributed by atoms with Crippen molar-refractivity contribution in [2.24, 2.45) is 5.73 Å². The van der Waals surface area contributed by atoms with Gasteiger partial charge in [-0.15, -0.1) is 4.08 Å². The van der Waals surface area contributed by atoms with Crippen molar-refractivity contribution >= 4 is 26.2 Å². The van der Waals surface area contributed by atoms with E-state index >= 15 is 0 Å². The van der Waals surface area contributed by atoms with Crippen molar-refractivity contribution in [3.8, 4) is 0 Å². The zero-order chi connectivity index (χ0) is 22.2. The van der Waals surface area contributed by atoms with Crippen LogP contribution in [0.2, 0.25) is 0 Å². The Morgan fingerprint density at radius 1 is 0.862 bits per heavy atom. The highest BCUT2D eigenvalue weighted by atomic mass is 32.8. The zero-order valence-electron chi connectivity index (χ0n) is 16.6. The summed E-state index contributed by atoms with van der Waals surface area (Å²) in [6.45, 7) is 0.684. The van der Waals surface area contributed by atoms with Crippen molar-refractivity contribution in [2.75, 3.05) is 0 Å². The van der Waals surface area contributed by atoms with E-state index in [9.17, 15) is 26.3 Å². The molecule has 29 heavy (non-hydrogen) atoms. The van der Waals surface area contributed by atoms with Crippen molar-refractivity contribution in [3.05, 3.63) is 59.7 Å². The van der Waals surface area contributed by atoms with Crippen LogP contribution in [0, 0.1) is 13.8 Å². The lowest BCUT2D eigenvalue weighted by Crippen LogP contribution is -2.46. The van der Waals surface area contributed by atoms with Gasteiger partial charge in [0.15, 0.2) is 0 Å². The number of rotatable bonds is 7. The Kier molecular flexibility index (Phi) is 6.79.